The third-order valence-corrected chi connectivity index (χ3v) is 5.47. The number of aryl methyl sites for hydroxylation is 1. The highest BCUT2D eigenvalue weighted by Crippen LogP contribution is 2.29. The standard InChI is InChI=1S/C30H23N3/c1-22-8-10-23(11-9-22)12-13-24-14-16-25(17-15-24)26-20-29(27-6-2-4-18-31-27)33-30(21-26)28-7-3-5-19-32-28/h2-21H,1H3/b13-12+. The van der Waals surface area contributed by atoms with Crippen LogP contribution in [0.5, 0.6) is 0 Å². The number of rotatable bonds is 5. The zero-order chi connectivity index (χ0) is 22.5. The predicted molar refractivity (Wildman–Crippen MR) is 136 cm³/mol. The first kappa shape index (κ1) is 20.5. The summed E-state index contributed by atoms with van der Waals surface area (Å²) in [5, 5.41) is 0. The average molecular weight is 426 g/mol. The Morgan fingerprint density at radius 2 is 1.03 bits per heavy atom. The van der Waals surface area contributed by atoms with E-state index in [-0.39, 0.29) is 0 Å². The minimum Gasteiger partial charge on any atom is -0.255 e. The molecule has 2 aromatic carbocycles. The minimum atomic E-state index is 0.831. The Balaban J connectivity index is 1.49. The summed E-state index contributed by atoms with van der Waals surface area (Å²) in [6.07, 6.45) is 7.86. The molecule has 0 aliphatic carbocycles. The minimum absolute atomic E-state index is 0.831. The van der Waals surface area contributed by atoms with Crippen LogP contribution in [0.3, 0.4) is 0 Å². The lowest BCUT2D eigenvalue weighted by molar-refractivity contribution is 1.22. The Bertz CT molecular complexity index is 1320. The highest BCUT2D eigenvalue weighted by atomic mass is 14.8. The number of hydrogen-bond donors (Lipinski definition) is 0. The quantitative estimate of drug-likeness (QED) is 0.276. The van der Waals surface area contributed by atoms with Crippen LogP contribution in [-0.4, -0.2) is 15.0 Å². The second-order valence-corrected chi connectivity index (χ2v) is 7.92. The first-order valence-corrected chi connectivity index (χ1v) is 10.9. The van der Waals surface area contributed by atoms with Gasteiger partial charge in [0.2, 0.25) is 0 Å². The topological polar surface area (TPSA) is 38.7 Å². The Hall–Kier alpha value is -4.37. The maximum absolute atomic E-state index is 4.85. The van der Waals surface area contributed by atoms with Crippen LogP contribution in [0.2, 0.25) is 0 Å². The van der Waals surface area contributed by atoms with Crippen molar-refractivity contribution in [1.82, 2.24) is 15.0 Å². The zero-order valence-corrected chi connectivity index (χ0v) is 18.4. The fraction of sp³-hybridized carbons (Fsp3) is 0.0333. The van der Waals surface area contributed by atoms with E-state index in [1.807, 2.05) is 36.4 Å². The first-order chi connectivity index (χ1) is 16.2. The molecule has 0 atom stereocenters. The van der Waals surface area contributed by atoms with Crippen LogP contribution >= 0.6 is 0 Å². The third kappa shape index (κ3) is 4.94. The molecule has 0 radical (unpaired) electrons. The Morgan fingerprint density at radius 1 is 0.515 bits per heavy atom. The molecule has 0 amide bonds. The smallest absolute Gasteiger partial charge is 0.0900 e. The van der Waals surface area contributed by atoms with Gasteiger partial charge in [-0.2, -0.15) is 0 Å². The average Bonchev–Trinajstić information content (AvgIpc) is 2.89. The van der Waals surface area contributed by atoms with Gasteiger partial charge >= 0.3 is 0 Å². The normalized spacial score (nSPS) is 11.1. The molecular formula is C30H23N3. The molecule has 3 nitrogen and oxygen atoms in total. The Labute approximate surface area is 194 Å². The molecule has 3 aromatic heterocycles. The summed E-state index contributed by atoms with van der Waals surface area (Å²) in [4.78, 5) is 13.8. The summed E-state index contributed by atoms with van der Waals surface area (Å²) < 4.78 is 0. The van der Waals surface area contributed by atoms with Gasteiger partial charge in [0.25, 0.3) is 0 Å². The van der Waals surface area contributed by atoms with E-state index in [0.29, 0.717) is 0 Å². The van der Waals surface area contributed by atoms with Gasteiger partial charge in [-0.25, -0.2) is 4.98 Å². The molecule has 0 unspecified atom stereocenters. The summed E-state index contributed by atoms with van der Waals surface area (Å²) in [5.74, 6) is 0. The van der Waals surface area contributed by atoms with E-state index >= 15 is 0 Å². The SMILES string of the molecule is Cc1ccc(/C=C/c2ccc(-c3cc(-c4ccccn4)nc(-c4ccccn4)c3)cc2)cc1. The zero-order valence-electron chi connectivity index (χ0n) is 18.4. The van der Waals surface area contributed by atoms with Crippen LogP contribution in [0.25, 0.3) is 46.1 Å². The van der Waals surface area contributed by atoms with Crippen molar-refractivity contribution < 1.29 is 0 Å². The van der Waals surface area contributed by atoms with Gasteiger partial charge in [0.05, 0.1) is 22.8 Å². The number of aromatic nitrogens is 3. The number of benzene rings is 2. The molecule has 3 heterocycles. The summed E-state index contributed by atoms with van der Waals surface area (Å²) in [6.45, 7) is 2.10. The van der Waals surface area contributed by atoms with Crippen molar-refractivity contribution >= 4 is 12.2 Å². The first-order valence-electron chi connectivity index (χ1n) is 10.9. The lowest BCUT2D eigenvalue weighted by Crippen LogP contribution is -1.93. The van der Waals surface area contributed by atoms with E-state index < -0.39 is 0 Å². The molecule has 0 N–H and O–H groups in total. The molecule has 0 saturated heterocycles. The van der Waals surface area contributed by atoms with Crippen molar-refractivity contribution in [1.29, 1.82) is 0 Å². The van der Waals surface area contributed by atoms with E-state index in [2.05, 4.69) is 89.7 Å². The van der Waals surface area contributed by atoms with Crippen LogP contribution in [0.1, 0.15) is 16.7 Å². The molecule has 0 aliphatic heterocycles. The molecule has 0 saturated carbocycles. The molecule has 33 heavy (non-hydrogen) atoms. The molecule has 0 aliphatic rings. The van der Waals surface area contributed by atoms with Gasteiger partial charge in [-0.15, -0.1) is 0 Å². The maximum atomic E-state index is 4.85. The second-order valence-electron chi connectivity index (χ2n) is 7.92. The van der Waals surface area contributed by atoms with Gasteiger partial charge in [-0.05, 0) is 65.6 Å². The number of hydrogen-bond acceptors (Lipinski definition) is 3. The van der Waals surface area contributed by atoms with Crippen LogP contribution in [-0.2, 0) is 0 Å². The fourth-order valence-corrected chi connectivity index (χ4v) is 3.64. The van der Waals surface area contributed by atoms with Gasteiger partial charge < -0.3 is 0 Å². The maximum Gasteiger partial charge on any atom is 0.0900 e. The highest BCUT2D eigenvalue weighted by molar-refractivity contribution is 5.76. The molecule has 3 heteroatoms. The van der Waals surface area contributed by atoms with Crippen LogP contribution in [0.15, 0.2) is 109 Å². The lowest BCUT2D eigenvalue weighted by atomic mass is 10.0. The van der Waals surface area contributed by atoms with E-state index in [4.69, 9.17) is 4.98 Å². The summed E-state index contributed by atoms with van der Waals surface area (Å²) in [5.41, 5.74) is 9.17. The monoisotopic (exact) mass is 425 g/mol. The lowest BCUT2D eigenvalue weighted by Gasteiger charge is -2.09. The fourth-order valence-electron chi connectivity index (χ4n) is 3.64. The van der Waals surface area contributed by atoms with Gasteiger partial charge in [0.15, 0.2) is 0 Å². The Morgan fingerprint density at radius 3 is 1.52 bits per heavy atom. The summed E-state index contributed by atoms with van der Waals surface area (Å²) in [6, 6.07) is 33.0. The molecule has 5 rings (SSSR count). The van der Waals surface area contributed by atoms with E-state index in [9.17, 15) is 0 Å². The molecule has 0 spiro atoms. The molecule has 0 bridgehead atoms. The van der Waals surface area contributed by atoms with Gasteiger partial charge in [-0.1, -0.05) is 78.4 Å². The second kappa shape index (κ2) is 9.41. The Kier molecular flexibility index (Phi) is 5.85. The van der Waals surface area contributed by atoms with Crippen molar-refractivity contribution in [2.45, 2.75) is 6.92 Å². The van der Waals surface area contributed by atoms with Crippen LogP contribution in [0.4, 0.5) is 0 Å². The van der Waals surface area contributed by atoms with Gasteiger partial charge in [0.1, 0.15) is 0 Å². The molecule has 158 valence electrons. The van der Waals surface area contributed by atoms with Gasteiger partial charge in [0, 0.05) is 12.4 Å². The van der Waals surface area contributed by atoms with E-state index in [1.54, 1.807) is 12.4 Å². The van der Waals surface area contributed by atoms with Crippen molar-refractivity contribution in [3.63, 3.8) is 0 Å². The largest absolute Gasteiger partial charge is 0.255 e. The predicted octanol–water partition coefficient (Wildman–Crippen LogP) is 7.35. The van der Waals surface area contributed by atoms with E-state index in [1.165, 1.54) is 11.1 Å². The van der Waals surface area contributed by atoms with E-state index in [0.717, 1.165) is 39.5 Å². The number of pyridine rings is 3. The molecular weight excluding hydrogens is 402 g/mol. The van der Waals surface area contributed by atoms with Crippen molar-refractivity contribution in [3.05, 3.63) is 126 Å². The summed E-state index contributed by atoms with van der Waals surface area (Å²) >= 11 is 0. The number of nitrogens with zero attached hydrogens (tertiary/aromatic N) is 3. The summed E-state index contributed by atoms with van der Waals surface area (Å²) in [7, 11) is 0. The third-order valence-electron chi connectivity index (χ3n) is 5.47. The molecule has 5 aromatic rings. The van der Waals surface area contributed by atoms with Crippen molar-refractivity contribution in [3.8, 4) is 33.9 Å². The highest BCUT2D eigenvalue weighted by Gasteiger charge is 2.10. The van der Waals surface area contributed by atoms with Gasteiger partial charge in [-0.3, -0.25) is 9.97 Å². The van der Waals surface area contributed by atoms with Crippen LogP contribution < -0.4 is 0 Å². The van der Waals surface area contributed by atoms with Crippen molar-refractivity contribution in [2.75, 3.05) is 0 Å². The van der Waals surface area contributed by atoms with Crippen LogP contribution in [0, 0.1) is 6.92 Å². The van der Waals surface area contributed by atoms with Crippen molar-refractivity contribution in [2.24, 2.45) is 0 Å². The molecule has 0 fully saturated rings.